The molecular formula is C19H25NOS. The molecule has 0 aliphatic heterocycles. The van der Waals surface area contributed by atoms with Crippen LogP contribution in [0.4, 0.5) is 5.69 Å². The SMILES string of the molecule is CCC1CCc2c(sc3cc(N(C)C(C)C)ccc3c2=O)C1. The van der Waals surface area contributed by atoms with Crippen LogP contribution in [-0.4, -0.2) is 13.1 Å². The van der Waals surface area contributed by atoms with Crippen molar-refractivity contribution in [3.8, 4) is 0 Å². The van der Waals surface area contributed by atoms with E-state index in [2.05, 4.69) is 44.9 Å². The van der Waals surface area contributed by atoms with Crippen LogP contribution in [0.1, 0.15) is 44.1 Å². The molecule has 1 aromatic carbocycles. The van der Waals surface area contributed by atoms with Gasteiger partial charge in [0.1, 0.15) is 0 Å². The van der Waals surface area contributed by atoms with Gasteiger partial charge in [-0.3, -0.25) is 4.79 Å². The van der Waals surface area contributed by atoms with E-state index in [1.54, 1.807) is 0 Å². The largest absolute Gasteiger partial charge is 0.372 e. The molecule has 0 bridgehead atoms. The van der Waals surface area contributed by atoms with Crippen molar-refractivity contribution in [2.24, 2.45) is 5.92 Å². The standard InChI is InChI=1S/C19H25NOS/c1-5-13-6-8-15-17(10-13)22-18-11-14(20(4)12(2)3)7-9-16(18)19(15)21/h7,9,11-13H,5-6,8,10H2,1-4H3. The maximum absolute atomic E-state index is 12.8. The van der Waals surface area contributed by atoms with Gasteiger partial charge >= 0.3 is 0 Å². The molecule has 1 heterocycles. The fourth-order valence-corrected chi connectivity index (χ4v) is 4.62. The van der Waals surface area contributed by atoms with Crippen LogP contribution in [0, 0.1) is 5.92 Å². The minimum atomic E-state index is 0.275. The van der Waals surface area contributed by atoms with Crippen LogP contribution in [0.3, 0.4) is 0 Å². The predicted molar refractivity (Wildman–Crippen MR) is 97.4 cm³/mol. The van der Waals surface area contributed by atoms with Crippen LogP contribution in [0.2, 0.25) is 0 Å². The molecule has 3 rings (SSSR count). The lowest BCUT2D eigenvalue weighted by molar-refractivity contribution is 0.448. The molecule has 0 saturated carbocycles. The van der Waals surface area contributed by atoms with Crippen molar-refractivity contribution in [3.63, 3.8) is 0 Å². The Balaban J connectivity index is 2.12. The topological polar surface area (TPSA) is 20.3 Å². The third kappa shape index (κ3) is 2.67. The normalized spacial score (nSPS) is 17.8. The second-order valence-corrected chi connectivity index (χ2v) is 7.87. The Labute approximate surface area is 136 Å². The molecule has 1 aromatic heterocycles. The number of benzene rings is 1. The number of nitrogens with zero attached hydrogens (tertiary/aromatic N) is 1. The first-order chi connectivity index (χ1) is 10.5. The third-order valence-corrected chi connectivity index (χ3v) is 6.31. The van der Waals surface area contributed by atoms with Gasteiger partial charge in [0.25, 0.3) is 0 Å². The molecule has 118 valence electrons. The van der Waals surface area contributed by atoms with Gasteiger partial charge in [0.05, 0.1) is 0 Å². The van der Waals surface area contributed by atoms with Crippen LogP contribution >= 0.6 is 11.3 Å². The Morgan fingerprint density at radius 3 is 2.82 bits per heavy atom. The Hall–Kier alpha value is -1.35. The molecule has 1 unspecified atom stereocenters. The minimum absolute atomic E-state index is 0.275. The van der Waals surface area contributed by atoms with Gasteiger partial charge in [-0.2, -0.15) is 0 Å². The van der Waals surface area contributed by atoms with E-state index in [1.807, 2.05) is 17.4 Å². The summed E-state index contributed by atoms with van der Waals surface area (Å²) >= 11 is 1.84. The maximum Gasteiger partial charge on any atom is 0.191 e. The summed E-state index contributed by atoms with van der Waals surface area (Å²) in [7, 11) is 2.11. The molecule has 0 amide bonds. The lowest BCUT2D eigenvalue weighted by Gasteiger charge is -2.25. The first-order valence-electron chi connectivity index (χ1n) is 8.32. The fraction of sp³-hybridized carbons (Fsp3) is 0.526. The lowest BCUT2D eigenvalue weighted by atomic mass is 9.87. The highest BCUT2D eigenvalue weighted by atomic mass is 32.1. The van der Waals surface area contributed by atoms with Crippen LogP contribution in [0.5, 0.6) is 0 Å². The summed E-state index contributed by atoms with van der Waals surface area (Å²) in [5.41, 5.74) is 2.56. The van der Waals surface area contributed by atoms with Crippen LogP contribution in [0.15, 0.2) is 23.0 Å². The van der Waals surface area contributed by atoms with Gasteiger partial charge < -0.3 is 4.90 Å². The molecule has 0 saturated heterocycles. The number of fused-ring (bicyclic) bond motifs is 2. The molecule has 0 N–H and O–H groups in total. The Morgan fingerprint density at radius 2 is 2.14 bits per heavy atom. The average molecular weight is 315 g/mol. The van der Waals surface area contributed by atoms with Gasteiger partial charge in [-0.25, -0.2) is 0 Å². The summed E-state index contributed by atoms with van der Waals surface area (Å²) in [4.78, 5) is 16.4. The zero-order valence-electron chi connectivity index (χ0n) is 14.0. The average Bonchev–Trinajstić information content (AvgIpc) is 2.53. The summed E-state index contributed by atoms with van der Waals surface area (Å²) in [6.07, 6.45) is 4.44. The first-order valence-corrected chi connectivity index (χ1v) is 9.14. The van der Waals surface area contributed by atoms with Crippen LogP contribution in [0.25, 0.3) is 10.1 Å². The summed E-state index contributed by atoms with van der Waals surface area (Å²) in [6.45, 7) is 6.63. The van der Waals surface area contributed by atoms with Crippen LogP contribution < -0.4 is 10.3 Å². The van der Waals surface area contributed by atoms with Crippen molar-refractivity contribution in [3.05, 3.63) is 38.9 Å². The van der Waals surface area contributed by atoms with Crippen molar-refractivity contribution in [2.75, 3.05) is 11.9 Å². The Bertz CT molecular complexity index is 747. The van der Waals surface area contributed by atoms with Crippen molar-refractivity contribution < 1.29 is 0 Å². The van der Waals surface area contributed by atoms with Crippen molar-refractivity contribution in [1.82, 2.24) is 0 Å². The van der Waals surface area contributed by atoms with E-state index >= 15 is 0 Å². The molecule has 0 spiro atoms. The highest BCUT2D eigenvalue weighted by Gasteiger charge is 2.22. The summed E-state index contributed by atoms with van der Waals surface area (Å²) in [5, 5.41) is 0.902. The van der Waals surface area contributed by atoms with Gasteiger partial charge in [-0.05, 0) is 57.2 Å². The molecule has 3 heteroatoms. The van der Waals surface area contributed by atoms with E-state index in [9.17, 15) is 4.79 Å². The Kier molecular flexibility index (Phi) is 4.26. The van der Waals surface area contributed by atoms with E-state index in [1.165, 1.54) is 23.4 Å². The van der Waals surface area contributed by atoms with Gasteiger partial charge in [0, 0.05) is 39.3 Å². The highest BCUT2D eigenvalue weighted by Crippen LogP contribution is 2.33. The minimum Gasteiger partial charge on any atom is -0.372 e. The quantitative estimate of drug-likeness (QED) is 0.823. The second-order valence-electron chi connectivity index (χ2n) is 6.74. The van der Waals surface area contributed by atoms with Gasteiger partial charge in [0.2, 0.25) is 0 Å². The van der Waals surface area contributed by atoms with Crippen LogP contribution in [-0.2, 0) is 12.8 Å². The van der Waals surface area contributed by atoms with E-state index in [0.29, 0.717) is 6.04 Å². The smallest absolute Gasteiger partial charge is 0.191 e. The zero-order valence-corrected chi connectivity index (χ0v) is 14.8. The summed E-state index contributed by atoms with van der Waals surface area (Å²) < 4.78 is 1.14. The maximum atomic E-state index is 12.8. The fourth-order valence-electron chi connectivity index (χ4n) is 3.26. The molecule has 2 nitrogen and oxygen atoms in total. The van der Waals surface area contributed by atoms with Crippen molar-refractivity contribution in [2.45, 2.75) is 52.5 Å². The highest BCUT2D eigenvalue weighted by molar-refractivity contribution is 7.18. The van der Waals surface area contributed by atoms with Crippen molar-refractivity contribution in [1.29, 1.82) is 0 Å². The monoisotopic (exact) mass is 315 g/mol. The first kappa shape index (κ1) is 15.5. The molecule has 0 radical (unpaired) electrons. The summed E-state index contributed by atoms with van der Waals surface area (Å²) in [5.74, 6) is 0.752. The number of rotatable bonds is 3. The zero-order chi connectivity index (χ0) is 15.9. The van der Waals surface area contributed by atoms with Crippen molar-refractivity contribution >= 4 is 27.1 Å². The third-order valence-electron chi connectivity index (χ3n) is 5.09. The molecule has 2 aromatic rings. The molecule has 0 fully saturated rings. The number of anilines is 1. The van der Waals surface area contributed by atoms with Gasteiger partial charge in [-0.15, -0.1) is 11.3 Å². The van der Waals surface area contributed by atoms with E-state index in [-0.39, 0.29) is 5.43 Å². The number of hydrogen-bond donors (Lipinski definition) is 0. The summed E-state index contributed by atoms with van der Waals surface area (Å²) in [6, 6.07) is 6.75. The Morgan fingerprint density at radius 1 is 1.36 bits per heavy atom. The van der Waals surface area contributed by atoms with Gasteiger partial charge in [-0.1, -0.05) is 13.3 Å². The number of hydrogen-bond acceptors (Lipinski definition) is 3. The van der Waals surface area contributed by atoms with Gasteiger partial charge in [0.15, 0.2) is 5.43 Å². The molecule has 1 atom stereocenters. The predicted octanol–water partition coefficient (Wildman–Crippen LogP) is 4.62. The molecular weight excluding hydrogens is 290 g/mol. The van der Waals surface area contributed by atoms with E-state index in [0.717, 1.165) is 34.4 Å². The lowest BCUT2D eigenvalue weighted by Crippen LogP contribution is -2.25. The van der Waals surface area contributed by atoms with E-state index in [4.69, 9.17) is 0 Å². The van der Waals surface area contributed by atoms with E-state index < -0.39 is 0 Å². The molecule has 22 heavy (non-hydrogen) atoms. The second kappa shape index (κ2) is 6.04. The molecule has 1 aliphatic carbocycles. The molecule has 1 aliphatic rings.